The molecule has 10 heteroatoms. The van der Waals surface area contributed by atoms with Crippen molar-refractivity contribution >= 4 is 69.0 Å². The van der Waals surface area contributed by atoms with E-state index in [1.54, 1.807) is 18.2 Å². The van der Waals surface area contributed by atoms with E-state index >= 15 is 0 Å². The fraction of sp³-hybridized carbons (Fsp3) is 0.167. The van der Waals surface area contributed by atoms with Crippen LogP contribution >= 0.6 is 35.4 Å². The lowest BCUT2D eigenvalue weighted by molar-refractivity contribution is 0.963. The minimum atomic E-state index is 0.312. The molecule has 0 saturated carbocycles. The Balaban J connectivity index is 1.51. The van der Waals surface area contributed by atoms with Gasteiger partial charge in [-0.25, -0.2) is 9.97 Å². The summed E-state index contributed by atoms with van der Waals surface area (Å²) >= 11 is 17.7. The number of thiocarbonyl (C=S) groups is 1. The Kier molecular flexibility index (Phi) is 7.62. The molecular weight excluding hydrogens is 489 g/mol. The third kappa shape index (κ3) is 6.22. The molecule has 2 heterocycles. The third-order valence-corrected chi connectivity index (χ3v) is 5.70. The second kappa shape index (κ2) is 10.8. The second-order valence-electron chi connectivity index (χ2n) is 7.64. The lowest BCUT2D eigenvalue weighted by Crippen LogP contribution is -2.39. The molecule has 4 N–H and O–H groups in total. The lowest BCUT2D eigenvalue weighted by Gasteiger charge is -2.15. The molecule has 0 spiro atoms. The molecule has 4 aromatic rings. The summed E-state index contributed by atoms with van der Waals surface area (Å²) in [6.45, 7) is 4.35. The molecule has 2 aromatic heterocycles. The van der Waals surface area contributed by atoms with Gasteiger partial charge in [0.2, 0.25) is 11.9 Å². The van der Waals surface area contributed by atoms with Gasteiger partial charge >= 0.3 is 0 Å². The molecule has 0 radical (unpaired) electrons. The Hall–Kier alpha value is -3.20. The predicted molar refractivity (Wildman–Crippen MR) is 145 cm³/mol. The van der Waals surface area contributed by atoms with Gasteiger partial charge in [0.15, 0.2) is 5.11 Å². The number of hydrogen-bond donors (Lipinski definition) is 4. The van der Waals surface area contributed by atoms with E-state index in [1.165, 1.54) is 10.9 Å². The van der Waals surface area contributed by atoms with Gasteiger partial charge in [-0.1, -0.05) is 41.4 Å². The van der Waals surface area contributed by atoms with E-state index in [-0.39, 0.29) is 0 Å². The minimum absolute atomic E-state index is 0.312. The van der Waals surface area contributed by atoms with Crippen molar-refractivity contribution in [2.24, 2.45) is 4.99 Å². The van der Waals surface area contributed by atoms with Gasteiger partial charge in [0.05, 0.1) is 10.7 Å². The van der Waals surface area contributed by atoms with Crippen LogP contribution < -0.4 is 16.0 Å². The molecule has 0 saturated heterocycles. The van der Waals surface area contributed by atoms with Gasteiger partial charge in [-0.05, 0) is 68.4 Å². The molecule has 0 aliphatic heterocycles. The highest BCUT2D eigenvalue weighted by atomic mass is 35.5. The number of nitrogens with zero attached hydrogens (tertiary/aromatic N) is 3. The number of anilines is 2. The van der Waals surface area contributed by atoms with Gasteiger partial charge in [-0.2, -0.15) is 0 Å². The van der Waals surface area contributed by atoms with Crippen LogP contribution in [0, 0.1) is 13.8 Å². The second-order valence-corrected chi connectivity index (χ2v) is 8.89. The number of aromatic nitrogens is 3. The molecule has 0 fully saturated rings. The first-order chi connectivity index (χ1) is 16.4. The fourth-order valence-electron chi connectivity index (χ4n) is 3.48. The summed E-state index contributed by atoms with van der Waals surface area (Å²) < 4.78 is 0. The van der Waals surface area contributed by atoms with Crippen LogP contribution in [0.3, 0.4) is 0 Å². The van der Waals surface area contributed by atoms with Crippen molar-refractivity contribution in [1.82, 2.24) is 20.3 Å². The lowest BCUT2D eigenvalue weighted by atomic mass is 10.1. The highest BCUT2D eigenvalue weighted by molar-refractivity contribution is 7.80. The highest BCUT2D eigenvalue weighted by Crippen LogP contribution is 2.25. The largest absolute Gasteiger partial charge is 0.361 e. The van der Waals surface area contributed by atoms with Crippen molar-refractivity contribution in [3.05, 3.63) is 81.7 Å². The number of nitrogens with one attached hydrogen (secondary N) is 4. The predicted octanol–water partition coefficient (Wildman–Crippen LogP) is 5.88. The molecule has 0 aliphatic rings. The summed E-state index contributed by atoms with van der Waals surface area (Å²) in [7, 11) is 0. The van der Waals surface area contributed by atoms with E-state index < -0.39 is 0 Å². The van der Waals surface area contributed by atoms with Gasteiger partial charge < -0.3 is 15.6 Å². The van der Waals surface area contributed by atoms with E-state index in [2.05, 4.69) is 43.0 Å². The topological polar surface area (TPSA) is 90.0 Å². The first-order valence-corrected chi connectivity index (χ1v) is 11.8. The Morgan fingerprint density at radius 1 is 1.03 bits per heavy atom. The highest BCUT2D eigenvalue weighted by Gasteiger charge is 2.10. The molecule has 0 aliphatic carbocycles. The van der Waals surface area contributed by atoms with E-state index in [0.717, 1.165) is 23.3 Å². The van der Waals surface area contributed by atoms with Crippen LogP contribution in [0.1, 0.15) is 17.0 Å². The number of aryl methyl sites for hydroxylation is 2. The summed E-state index contributed by atoms with van der Waals surface area (Å²) in [6.07, 6.45) is 2.76. The fourth-order valence-corrected chi connectivity index (χ4v) is 4.14. The van der Waals surface area contributed by atoms with Crippen molar-refractivity contribution in [1.29, 1.82) is 0 Å². The summed E-state index contributed by atoms with van der Waals surface area (Å²) in [5.74, 6) is 0.857. The molecule has 2 aromatic carbocycles. The van der Waals surface area contributed by atoms with Gasteiger partial charge in [0.25, 0.3) is 0 Å². The number of H-pyrrole nitrogens is 1. The molecular formula is C24H23Cl2N7S. The Labute approximate surface area is 213 Å². The number of para-hydroxylation sites is 1. The third-order valence-electron chi connectivity index (χ3n) is 4.95. The molecule has 0 amide bonds. The molecule has 0 unspecified atom stereocenters. The summed E-state index contributed by atoms with van der Waals surface area (Å²) in [6, 6.07) is 15.2. The zero-order chi connectivity index (χ0) is 24.1. The zero-order valence-corrected chi connectivity index (χ0v) is 20.9. The minimum Gasteiger partial charge on any atom is -0.361 e. The van der Waals surface area contributed by atoms with E-state index in [9.17, 15) is 0 Å². The maximum atomic E-state index is 6.26. The Morgan fingerprint density at radius 3 is 2.56 bits per heavy atom. The SMILES string of the molecule is Cc1cc(C)nc(NC(=NCCc2c[nH]c3ccccc23)NC(=S)Nc2ccc(Cl)cc2Cl)n1. The quantitative estimate of drug-likeness (QED) is 0.152. The van der Waals surface area contributed by atoms with Crippen LogP contribution in [-0.4, -0.2) is 32.6 Å². The molecule has 174 valence electrons. The first-order valence-electron chi connectivity index (χ1n) is 10.6. The van der Waals surface area contributed by atoms with Crippen molar-refractivity contribution in [2.75, 3.05) is 17.2 Å². The van der Waals surface area contributed by atoms with Crippen molar-refractivity contribution in [3.8, 4) is 0 Å². The Bertz CT molecular complexity index is 1350. The van der Waals surface area contributed by atoms with Gasteiger partial charge in [0, 0.05) is 40.1 Å². The van der Waals surface area contributed by atoms with Crippen LogP contribution in [-0.2, 0) is 6.42 Å². The van der Waals surface area contributed by atoms with Crippen LogP contribution in [0.15, 0.2) is 59.7 Å². The molecule has 7 nitrogen and oxygen atoms in total. The standard InChI is InChI=1S/C24H23Cl2N7S/c1-14-11-15(2)30-23(29-14)32-22(33-24(34)31-21-8-7-17(25)12-19(21)26)27-10-9-16-13-28-20-6-4-3-5-18(16)20/h3-8,11-13,28H,9-10H2,1-2H3,(H3,27,29,30,31,32,33,34). The van der Waals surface area contributed by atoms with E-state index in [0.29, 0.717) is 39.3 Å². The average molecular weight is 512 g/mol. The molecule has 4 rings (SSSR count). The number of aromatic amines is 1. The number of halogens is 2. The molecule has 0 bridgehead atoms. The molecule has 34 heavy (non-hydrogen) atoms. The van der Waals surface area contributed by atoms with Crippen LogP contribution in [0.4, 0.5) is 11.6 Å². The Morgan fingerprint density at radius 2 is 1.79 bits per heavy atom. The van der Waals surface area contributed by atoms with Crippen molar-refractivity contribution in [2.45, 2.75) is 20.3 Å². The zero-order valence-electron chi connectivity index (χ0n) is 18.6. The number of guanidine groups is 1. The monoisotopic (exact) mass is 511 g/mol. The average Bonchev–Trinajstić information content (AvgIpc) is 3.18. The number of aliphatic imine (C=N–C) groups is 1. The number of benzene rings is 2. The van der Waals surface area contributed by atoms with Gasteiger partial charge in [0.1, 0.15) is 0 Å². The van der Waals surface area contributed by atoms with Crippen molar-refractivity contribution < 1.29 is 0 Å². The summed E-state index contributed by atoms with van der Waals surface area (Å²) in [4.78, 5) is 16.9. The van der Waals surface area contributed by atoms with Crippen molar-refractivity contribution in [3.63, 3.8) is 0 Å². The van der Waals surface area contributed by atoms with E-state index in [4.69, 9.17) is 40.4 Å². The van der Waals surface area contributed by atoms with Crippen LogP contribution in [0.5, 0.6) is 0 Å². The maximum absolute atomic E-state index is 6.26. The normalized spacial score (nSPS) is 11.5. The summed E-state index contributed by atoms with van der Waals surface area (Å²) in [5.41, 5.74) is 4.62. The van der Waals surface area contributed by atoms with Gasteiger partial charge in [-0.3, -0.25) is 10.3 Å². The van der Waals surface area contributed by atoms with E-state index in [1.807, 2.05) is 38.2 Å². The maximum Gasteiger partial charge on any atom is 0.229 e. The van der Waals surface area contributed by atoms with Crippen LogP contribution in [0.2, 0.25) is 10.0 Å². The van der Waals surface area contributed by atoms with Gasteiger partial charge in [-0.15, -0.1) is 0 Å². The summed E-state index contributed by atoms with van der Waals surface area (Å²) in [5, 5.41) is 11.8. The van der Waals surface area contributed by atoms with Crippen LogP contribution in [0.25, 0.3) is 10.9 Å². The smallest absolute Gasteiger partial charge is 0.229 e. The molecule has 0 atom stereocenters. The number of rotatable bonds is 5. The number of fused-ring (bicyclic) bond motifs is 1. The first kappa shape index (κ1) is 23.9. The number of hydrogen-bond acceptors (Lipinski definition) is 4.